The molecule has 0 amide bonds. The molecule has 0 saturated heterocycles. The van der Waals surface area contributed by atoms with Gasteiger partial charge in [-0.1, -0.05) is 50.8 Å². The first-order valence-corrected chi connectivity index (χ1v) is 9.08. The summed E-state index contributed by atoms with van der Waals surface area (Å²) in [5.41, 5.74) is 3.55. The monoisotopic (exact) mass is 325 g/mol. The molecule has 0 atom stereocenters. The maximum absolute atomic E-state index is 4.61. The normalized spacial score (nSPS) is 15.8. The Balaban J connectivity index is 1.73. The summed E-state index contributed by atoms with van der Waals surface area (Å²) in [6, 6.07) is 6.82. The molecule has 1 saturated carbocycles. The largest absolute Gasteiger partial charge is 0.366 e. The lowest BCUT2D eigenvalue weighted by atomic mass is 10.1. The van der Waals surface area contributed by atoms with Crippen LogP contribution >= 0.6 is 0 Å². The van der Waals surface area contributed by atoms with Crippen molar-refractivity contribution in [2.45, 2.75) is 64.8 Å². The highest BCUT2D eigenvalue weighted by Gasteiger charge is 2.13. The van der Waals surface area contributed by atoms with Crippen LogP contribution in [-0.4, -0.2) is 21.2 Å². The molecule has 3 rings (SSSR count). The zero-order chi connectivity index (χ0) is 16.8. The molecule has 0 aliphatic heterocycles. The Bertz CT molecular complexity index is 663. The second-order valence-corrected chi connectivity index (χ2v) is 6.59. The zero-order valence-electron chi connectivity index (χ0n) is 14.7. The molecule has 0 spiro atoms. The summed E-state index contributed by atoms with van der Waals surface area (Å²) in [5, 5.41) is 15.2. The molecule has 1 fully saturated rings. The Morgan fingerprint density at radius 3 is 2.67 bits per heavy atom. The molecule has 24 heavy (non-hydrogen) atoms. The van der Waals surface area contributed by atoms with Crippen LogP contribution < -0.4 is 10.6 Å². The van der Waals surface area contributed by atoms with Crippen LogP contribution in [0.15, 0.2) is 24.4 Å². The third-order valence-electron chi connectivity index (χ3n) is 4.74. The van der Waals surface area contributed by atoms with Crippen molar-refractivity contribution in [2.24, 2.45) is 0 Å². The quantitative estimate of drug-likeness (QED) is 0.785. The highest BCUT2D eigenvalue weighted by Crippen LogP contribution is 2.24. The van der Waals surface area contributed by atoms with E-state index >= 15 is 0 Å². The molecular weight excluding hydrogens is 298 g/mol. The Morgan fingerprint density at radius 2 is 1.92 bits per heavy atom. The Morgan fingerprint density at radius 1 is 1.12 bits per heavy atom. The summed E-state index contributed by atoms with van der Waals surface area (Å²) < 4.78 is 0. The van der Waals surface area contributed by atoms with E-state index in [1.165, 1.54) is 49.7 Å². The van der Waals surface area contributed by atoms with Crippen molar-refractivity contribution in [2.75, 3.05) is 10.6 Å². The van der Waals surface area contributed by atoms with Gasteiger partial charge in [0.05, 0.1) is 6.20 Å². The van der Waals surface area contributed by atoms with Crippen molar-refractivity contribution in [1.82, 2.24) is 15.2 Å². The van der Waals surface area contributed by atoms with E-state index in [0.717, 1.165) is 17.9 Å². The van der Waals surface area contributed by atoms with E-state index in [-0.39, 0.29) is 0 Å². The van der Waals surface area contributed by atoms with Crippen LogP contribution in [0.5, 0.6) is 0 Å². The van der Waals surface area contributed by atoms with Crippen molar-refractivity contribution < 1.29 is 0 Å². The minimum absolute atomic E-state index is 0.502. The number of aromatic nitrogens is 3. The van der Waals surface area contributed by atoms with E-state index < -0.39 is 0 Å². The van der Waals surface area contributed by atoms with Gasteiger partial charge in [0.15, 0.2) is 5.82 Å². The second kappa shape index (κ2) is 8.08. The van der Waals surface area contributed by atoms with Crippen LogP contribution in [0.1, 0.15) is 56.6 Å². The van der Waals surface area contributed by atoms with E-state index in [0.29, 0.717) is 12.0 Å². The smallest absolute Gasteiger partial charge is 0.249 e. The van der Waals surface area contributed by atoms with Crippen molar-refractivity contribution >= 4 is 17.5 Å². The van der Waals surface area contributed by atoms with E-state index in [4.69, 9.17) is 0 Å². The standard InChI is InChI=1S/C19H27N5/c1-3-15-10-8-9-14(2)18(15)23-19-22-17(13-20-24-19)21-16-11-6-4-5-7-12-16/h8-10,13,16H,3-7,11-12H2,1-2H3,(H2,21,22,23,24). The number of para-hydroxylation sites is 1. The molecule has 1 aliphatic rings. The minimum Gasteiger partial charge on any atom is -0.366 e. The molecule has 0 radical (unpaired) electrons. The first-order chi connectivity index (χ1) is 11.8. The Kier molecular flexibility index (Phi) is 5.62. The summed E-state index contributed by atoms with van der Waals surface area (Å²) in [7, 11) is 0. The topological polar surface area (TPSA) is 62.7 Å². The Hall–Kier alpha value is -2.17. The van der Waals surface area contributed by atoms with Gasteiger partial charge in [-0.05, 0) is 37.3 Å². The van der Waals surface area contributed by atoms with Crippen molar-refractivity contribution in [3.63, 3.8) is 0 Å². The average molecular weight is 325 g/mol. The molecule has 1 aliphatic carbocycles. The first kappa shape index (κ1) is 16.7. The molecule has 128 valence electrons. The van der Waals surface area contributed by atoms with E-state index in [9.17, 15) is 0 Å². The minimum atomic E-state index is 0.502. The van der Waals surface area contributed by atoms with Crippen LogP contribution in [0.2, 0.25) is 0 Å². The van der Waals surface area contributed by atoms with Gasteiger partial charge >= 0.3 is 0 Å². The number of hydrogen-bond acceptors (Lipinski definition) is 5. The van der Waals surface area contributed by atoms with Gasteiger partial charge in [0.1, 0.15) is 0 Å². The van der Waals surface area contributed by atoms with Gasteiger partial charge < -0.3 is 10.6 Å². The molecule has 1 aromatic carbocycles. The molecule has 2 aromatic rings. The number of nitrogens with zero attached hydrogens (tertiary/aromatic N) is 3. The maximum Gasteiger partial charge on any atom is 0.249 e. The van der Waals surface area contributed by atoms with Gasteiger partial charge in [0.25, 0.3) is 0 Å². The highest BCUT2D eigenvalue weighted by molar-refractivity contribution is 5.63. The van der Waals surface area contributed by atoms with E-state index in [1.54, 1.807) is 6.20 Å². The fourth-order valence-corrected chi connectivity index (χ4v) is 3.37. The third-order valence-corrected chi connectivity index (χ3v) is 4.74. The van der Waals surface area contributed by atoms with Crippen LogP contribution in [0.4, 0.5) is 17.5 Å². The highest BCUT2D eigenvalue weighted by atomic mass is 15.3. The van der Waals surface area contributed by atoms with Crippen LogP contribution in [0.25, 0.3) is 0 Å². The summed E-state index contributed by atoms with van der Waals surface area (Å²) in [6.45, 7) is 4.26. The predicted octanol–water partition coefficient (Wildman–Crippen LogP) is 4.62. The number of aryl methyl sites for hydroxylation is 2. The van der Waals surface area contributed by atoms with Crippen LogP contribution in [0.3, 0.4) is 0 Å². The van der Waals surface area contributed by atoms with Gasteiger partial charge in [-0.2, -0.15) is 10.1 Å². The number of nitrogens with one attached hydrogen (secondary N) is 2. The molecule has 0 bridgehead atoms. The van der Waals surface area contributed by atoms with Crippen molar-refractivity contribution in [1.29, 1.82) is 0 Å². The molecule has 5 heteroatoms. The zero-order valence-corrected chi connectivity index (χ0v) is 14.7. The van der Waals surface area contributed by atoms with Crippen LogP contribution in [0, 0.1) is 6.92 Å². The summed E-state index contributed by atoms with van der Waals surface area (Å²) in [4.78, 5) is 4.61. The molecular formula is C19H27N5. The maximum atomic E-state index is 4.61. The van der Waals surface area contributed by atoms with Gasteiger partial charge in [-0.25, -0.2) is 0 Å². The molecule has 1 aromatic heterocycles. The Labute approximate surface area is 144 Å². The fourth-order valence-electron chi connectivity index (χ4n) is 3.37. The number of benzene rings is 1. The first-order valence-electron chi connectivity index (χ1n) is 9.08. The summed E-state index contributed by atoms with van der Waals surface area (Å²) >= 11 is 0. The molecule has 5 nitrogen and oxygen atoms in total. The second-order valence-electron chi connectivity index (χ2n) is 6.59. The molecule has 1 heterocycles. The van der Waals surface area contributed by atoms with E-state index in [1.807, 2.05) is 0 Å². The average Bonchev–Trinajstić information content (AvgIpc) is 2.86. The summed E-state index contributed by atoms with van der Waals surface area (Å²) in [5.74, 6) is 1.36. The van der Waals surface area contributed by atoms with Gasteiger partial charge in [0.2, 0.25) is 5.95 Å². The summed E-state index contributed by atoms with van der Waals surface area (Å²) in [6.07, 6.45) is 10.4. The van der Waals surface area contributed by atoms with Crippen molar-refractivity contribution in [3.05, 3.63) is 35.5 Å². The lowest BCUT2D eigenvalue weighted by Gasteiger charge is -2.17. The number of anilines is 3. The lowest BCUT2D eigenvalue weighted by molar-refractivity contribution is 0.617. The molecule has 0 unspecified atom stereocenters. The van der Waals surface area contributed by atoms with E-state index in [2.05, 4.69) is 57.9 Å². The fraction of sp³-hybridized carbons (Fsp3) is 0.526. The number of rotatable bonds is 5. The van der Waals surface area contributed by atoms with Crippen molar-refractivity contribution in [3.8, 4) is 0 Å². The third kappa shape index (κ3) is 4.22. The van der Waals surface area contributed by atoms with Crippen LogP contribution in [-0.2, 0) is 6.42 Å². The number of hydrogen-bond donors (Lipinski definition) is 2. The predicted molar refractivity (Wildman–Crippen MR) is 98.8 cm³/mol. The van der Waals surface area contributed by atoms with Gasteiger partial charge in [-0.3, -0.25) is 0 Å². The van der Waals surface area contributed by atoms with Gasteiger partial charge in [-0.15, -0.1) is 5.10 Å². The van der Waals surface area contributed by atoms with Gasteiger partial charge in [0, 0.05) is 11.7 Å². The molecule has 2 N–H and O–H groups in total. The SMILES string of the molecule is CCc1cccc(C)c1Nc1nncc(NC2CCCCCC2)n1. The lowest BCUT2D eigenvalue weighted by Crippen LogP contribution is -2.19.